The van der Waals surface area contributed by atoms with Gasteiger partial charge in [-0.2, -0.15) is 0 Å². The third kappa shape index (κ3) is 2.94. The highest BCUT2D eigenvalue weighted by molar-refractivity contribution is 6.17. The zero-order valence-corrected chi connectivity index (χ0v) is 8.88. The fraction of sp³-hybridized carbons (Fsp3) is 0.333. The van der Waals surface area contributed by atoms with Crippen molar-refractivity contribution in [2.45, 2.75) is 6.61 Å². The highest BCUT2D eigenvalue weighted by Crippen LogP contribution is 2.28. The predicted molar refractivity (Wildman–Crippen MR) is 55.1 cm³/mol. The second-order valence-electron chi connectivity index (χ2n) is 2.45. The quantitative estimate of drug-likeness (QED) is 0.798. The van der Waals surface area contributed by atoms with Gasteiger partial charge in [-0.05, 0) is 17.7 Å². The summed E-state index contributed by atoms with van der Waals surface area (Å²) in [5.41, 5.74) is 0.729. The Morgan fingerprint density at radius 3 is 2.29 bits per heavy atom. The zero-order valence-electron chi connectivity index (χ0n) is 7.37. The number of hydrogen-bond acceptors (Lipinski definition) is 3. The summed E-state index contributed by atoms with van der Waals surface area (Å²) in [5.74, 6) is 0.991. The molecule has 0 aliphatic carbocycles. The van der Waals surface area contributed by atoms with Gasteiger partial charge in [0, 0.05) is 0 Å². The Labute approximate surface area is 92.2 Å². The minimum absolute atomic E-state index is 0.0214. The van der Waals surface area contributed by atoms with Crippen molar-refractivity contribution >= 4 is 23.2 Å². The zero-order chi connectivity index (χ0) is 10.4. The van der Waals surface area contributed by atoms with Gasteiger partial charge >= 0.3 is 0 Å². The topological polar surface area (TPSA) is 38.7 Å². The molecule has 0 heterocycles. The number of benzene rings is 1. The molecule has 0 radical (unpaired) electrons. The molecular formula is C9H10Cl2O3. The van der Waals surface area contributed by atoms with Crippen molar-refractivity contribution in [3.05, 3.63) is 23.8 Å². The second-order valence-corrected chi connectivity index (χ2v) is 2.88. The van der Waals surface area contributed by atoms with Crippen LogP contribution in [0.4, 0.5) is 0 Å². The monoisotopic (exact) mass is 236 g/mol. The molecule has 14 heavy (non-hydrogen) atoms. The first kappa shape index (κ1) is 11.4. The lowest BCUT2D eigenvalue weighted by Gasteiger charge is -2.10. The van der Waals surface area contributed by atoms with Gasteiger partial charge in [-0.3, -0.25) is 0 Å². The molecule has 0 aromatic heterocycles. The van der Waals surface area contributed by atoms with E-state index in [1.54, 1.807) is 18.2 Å². The SMILES string of the molecule is OCc1ccc(OCCl)c(OCCl)c1. The van der Waals surface area contributed by atoms with Crippen LogP contribution >= 0.6 is 23.2 Å². The van der Waals surface area contributed by atoms with Crippen LogP contribution in [0.1, 0.15) is 5.56 Å². The largest absolute Gasteiger partial charge is 0.474 e. The summed E-state index contributed by atoms with van der Waals surface area (Å²) in [6.07, 6.45) is 0. The van der Waals surface area contributed by atoms with Gasteiger partial charge in [-0.1, -0.05) is 29.3 Å². The Balaban J connectivity index is 2.91. The van der Waals surface area contributed by atoms with Crippen molar-refractivity contribution in [3.63, 3.8) is 0 Å². The smallest absolute Gasteiger partial charge is 0.163 e. The summed E-state index contributed by atoms with van der Waals surface area (Å²) < 4.78 is 10.2. The van der Waals surface area contributed by atoms with Crippen LogP contribution in [-0.4, -0.2) is 17.2 Å². The minimum Gasteiger partial charge on any atom is -0.474 e. The van der Waals surface area contributed by atoms with Crippen LogP contribution in [0, 0.1) is 0 Å². The molecule has 0 aliphatic rings. The predicted octanol–water partition coefficient (Wildman–Crippen LogP) is 2.33. The normalized spacial score (nSPS) is 9.93. The van der Waals surface area contributed by atoms with Gasteiger partial charge in [0.15, 0.2) is 23.6 Å². The number of aliphatic hydroxyl groups is 1. The van der Waals surface area contributed by atoms with Crippen molar-refractivity contribution in [2.24, 2.45) is 0 Å². The lowest BCUT2D eigenvalue weighted by molar-refractivity contribution is 0.279. The van der Waals surface area contributed by atoms with Crippen molar-refractivity contribution in [1.82, 2.24) is 0 Å². The van der Waals surface area contributed by atoms with E-state index in [9.17, 15) is 0 Å². The molecule has 0 spiro atoms. The maximum atomic E-state index is 8.90. The van der Waals surface area contributed by atoms with E-state index in [-0.39, 0.29) is 18.7 Å². The van der Waals surface area contributed by atoms with Crippen LogP contribution in [-0.2, 0) is 6.61 Å². The summed E-state index contributed by atoms with van der Waals surface area (Å²) in [4.78, 5) is 0. The number of ether oxygens (including phenoxy) is 2. The van der Waals surface area contributed by atoms with Gasteiger partial charge in [0.25, 0.3) is 0 Å². The van der Waals surface area contributed by atoms with Gasteiger partial charge in [0.05, 0.1) is 6.61 Å². The van der Waals surface area contributed by atoms with Crippen molar-refractivity contribution in [3.8, 4) is 11.5 Å². The maximum Gasteiger partial charge on any atom is 0.163 e. The van der Waals surface area contributed by atoms with Crippen LogP contribution in [0.5, 0.6) is 11.5 Å². The average Bonchev–Trinajstić information content (AvgIpc) is 2.21. The lowest BCUT2D eigenvalue weighted by atomic mass is 10.2. The Kier molecular flexibility index (Phi) is 4.87. The van der Waals surface area contributed by atoms with Gasteiger partial charge in [-0.15, -0.1) is 0 Å². The minimum atomic E-state index is -0.0558. The summed E-state index contributed by atoms with van der Waals surface area (Å²) in [7, 11) is 0. The summed E-state index contributed by atoms with van der Waals surface area (Å²) in [6.45, 7) is -0.0558. The van der Waals surface area contributed by atoms with E-state index in [2.05, 4.69) is 0 Å². The molecule has 1 aromatic rings. The summed E-state index contributed by atoms with van der Waals surface area (Å²) >= 11 is 10.9. The molecule has 0 aliphatic heterocycles. The summed E-state index contributed by atoms with van der Waals surface area (Å²) in [6, 6.07) is 5.12. The maximum absolute atomic E-state index is 8.90. The van der Waals surface area contributed by atoms with E-state index >= 15 is 0 Å². The Bertz CT molecular complexity index is 291. The van der Waals surface area contributed by atoms with Crippen molar-refractivity contribution < 1.29 is 14.6 Å². The molecule has 0 amide bonds. The molecule has 0 fully saturated rings. The first-order valence-corrected chi connectivity index (χ1v) is 5.00. The average molecular weight is 237 g/mol. The summed E-state index contributed by atoms with van der Waals surface area (Å²) in [5, 5.41) is 8.90. The van der Waals surface area contributed by atoms with E-state index in [1.165, 1.54) is 0 Å². The van der Waals surface area contributed by atoms with E-state index in [4.69, 9.17) is 37.8 Å². The van der Waals surface area contributed by atoms with Crippen LogP contribution in [0.25, 0.3) is 0 Å². The van der Waals surface area contributed by atoms with Crippen molar-refractivity contribution in [1.29, 1.82) is 0 Å². The molecular weight excluding hydrogens is 227 g/mol. The molecule has 0 bridgehead atoms. The molecule has 1 rings (SSSR count). The molecule has 0 atom stereocenters. The molecule has 0 unspecified atom stereocenters. The molecule has 3 nitrogen and oxygen atoms in total. The third-order valence-electron chi connectivity index (χ3n) is 1.61. The van der Waals surface area contributed by atoms with Gasteiger partial charge in [0.1, 0.15) is 0 Å². The van der Waals surface area contributed by atoms with Gasteiger partial charge < -0.3 is 14.6 Å². The molecule has 0 saturated heterocycles. The van der Waals surface area contributed by atoms with Crippen molar-refractivity contribution in [2.75, 3.05) is 12.1 Å². The first-order chi connectivity index (χ1) is 6.81. The fourth-order valence-corrected chi connectivity index (χ4v) is 1.24. The Hall–Kier alpha value is -0.640. The fourth-order valence-electron chi connectivity index (χ4n) is 1.00. The molecule has 0 saturated carbocycles. The third-order valence-corrected chi connectivity index (χ3v) is 1.83. The van der Waals surface area contributed by atoms with E-state index < -0.39 is 0 Å². The van der Waals surface area contributed by atoms with Crippen LogP contribution < -0.4 is 9.47 Å². The number of halogens is 2. The standard InChI is InChI=1S/C9H10Cl2O3/c10-5-13-8-2-1-7(4-12)3-9(8)14-6-11/h1-3,12H,4-6H2. The second kappa shape index (κ2) is 5.96. The lowest BCUT2D eigenvalue weighted by Crippen LogP contribution is -1.97. The Morgan fingerprint density at radius 2 is 1.71 bits per heavy atom. The molecule has 78 valence electrons. The molecule has 5 heteroatoms. The number of aliphatic hydroxyl groups excluding tert-OH is 1. The van der Waals surface area contributed by atoms with Gasteiger partial charge in [0.2, 0.25) is 0 Å². The number of rotatable bonds is 5. The molecule has 1 N–H and O–H groups in total. The highest BCUT2D eigenvalue weighted by atomic mass is 35.5. The van der Waals surface area contributed by atoms with Gasteiger partial charge in [-0.25, -0.2) is 0 Å². The Morgan fingerprint density at radius 1 is 1.07 bits per heavy atom. The van der Waals surface area contributed by atoms with Crippen LogP contribution in [0.3, 0.4) is 0 Å². The van der Waals surface area contributed by atoms with E-state index in [1.807, 2.05) is 0 Å². The van der Waals surface area contributed by atoms with E-state index in [0.29, 0.717) is 11.5 Å². The number of alkyl halides is 2. The highest BCUT2D eigenvalue weighted by Gasteiger charge is 2.05. The first-order valence-electron chi connectivity index (χ1n) is 3.93. The number of hydrogen-bond donors (Lipinski definition) is 1. The van der Waals surface area contributed by atoms with Crippen LogP contribution in [0.2, 0.25) is 0 Å². The van der Waals surface area contributed by atoms with E-state index in [0.717, 1.165) is 5.56 Å². The van der Waals surface area contributed by atoms with Crippen LogP contribution in [0.15, 0.2) is 18.2 Å². The molecule has 1 aromatic carbocycles.